The smallest absolute Gasteiger partial charge is 0.166 e. The molecule has 1 aromatic carbocycles. The van der Waals surface area contributed by atoms with Crippen LogP contribution >= 0.6 is 0 Å². The molecule has 0 amide bonds. The van der Waals surface area contributed by atoms with E-state index in [1.165, 1.54) is 7.11 Å². The number of hydrogen-bond acceptors (Lipinski definition) is 4. The van der Waals surface area contributed by atoms with Crippen molar-refractivity contribution in [2.24, 2.45) is 5.90 Å². The van der Waals surface area contributed by atoms with Gasteiger partial charge < -0.3 is 9.84 Å². The maximum absolute atomic E-state index is 9.42. The predicted octanol–water partition coefficient (Wildman–Crippen LogP) is 1.10. The van der Waals surface area contributed by atoms with Crippen LogP contribution in [-0.2, 0) is 11.4 Å². The molecule has 3 N–H and O–H groups in total. The van der Waals surface area contributed by atoms with Gasteiger partial charge >= 0.3 is 0 Å². The molecule has 72 valence electrons. The van der Waals surface area contributed by atoms with Gasteiger partial charge in [-0.25, -0.2) is 5.90 Å². The van der Waals surface area contributed by atoms with Gasteiger partial charge in [0.2, 0.25) is 0 Å². The molecular weight excluding hydrogens is 170 g/mol. The second-order valence-corrected chi connectivity index (χ2v) is 2.72. The lowest BCUT2D eigenvalue weighted by molar-refractivity contribution is 0.121. The molecule has 0 unspecified atom stereocenters. The van der Waals surface area contributed by atoms with E-state index < -0.39 is 0 Å². The lowest BCUT2D eigenvalue weighted by Gasteiger charge is -2.11. The first-order chi connectivity index (χ1) is 6.20. The topological polar surface area (TPSA) is 64.7 Å². The van der Waals surface area contributed by atoms with Crippen molar-refractivity contribution in [2.45, 2.75) is 13.5 Å². The summed E-state index contributed by atoms with van der Waals surface area (Å²) in [5, 5.41) is 9.42. The van der Waals surface area contributed by atoms with E-state index in [0.29, 0.717) is 5.75 Å². The van der Waals surface area contributed by atoms with Gasteiger partial charge in [0.1, 0.15) is 0 Å². The number of methoxy groups -OCH3 is 1. The molecule has 13 heavy (non-hydrogen) atoms. The van der Waals surface area contributed by atoms with Crippen molar-refractivity contribution in [2.75, 3.05) is 7.11 Å². The molecule has 0 heterocycles. The van der Waals surface area contributed by atoms with E-state index in [0.717, 1.165) is 11.1 Å². The number of ether oxygens (including phenoxy) is 1. The highest BCUT2D eigenvalue weighted by Crippen LogP contribution is 2.32. The monoisotopic (exact) mass is 183 g/mol. The van der Waals surface area contributed by atoms with Gasteiger partial charge in [0.05, 0.1) is 13.7 Å². The average Bonchev–Trinajstić information content (AvgIpc) is 2.12. The molecule has 0 bridgehead atoms. The second-order valence-electron chi connectivity index (χ2n) is 2.72. The third-order valence-electron chi connectivity index (χ3n) is 1.91. The van der Waals surface area contributed by atoms with Crippen LogP contribution in [0.4, 0.5) is 0 Å². The van der Waals surface area contributed by atoms with Crippen molar-refractivity contribution in [1.29, 1.82) is 0 Å². The van der Waals surface area contributed by atoms with E-state index in [1.54, 1.807) is 12.1 Å². The van der Waals surface area contributed by atoms with Crippen LogP contribution in [0.1, 0.15) is 11.1 Å². The minimum Gasteiger partial charge on any atom is -0.504 e. The molecule has 4 nitrogen and oxygen atoms in total. The van der Waals surface area contributed by atoms with Gasteiger partial charge in [-0.3, -0.25) is 4.84 Å². The fourth-order valence-corrected chi connectivity index (χ4v) is 1.20. The molecule has 0 aliphatic rings. The molecule has 0 saturated carbocycles. The van der Waals surface area contributed by atoms with E-state index in [9.17, 15) is 5.11 Å². The molecule has 0 aromatic heterocycles. The van der Waals surface area contributed by atoms with Crippen LogP contribution in [0.3, 0.4) is 0 Å². The molecule has 0 fully saturated rings. The maximum Gasteiger partial charge on any atom is 0.166 e. The van der Waals surface area contributed by atoms with Gasteiger partial charge in [0, 0.05) is 5.56 Å². The first kappa shape index (κ1) is 9.83. The summed E-state index contributed by atoms with van der Waals surface area (Å²) in [6.07, 6.45) is 0. The lowest BCUT2D eigenvalue weighted by Crippen LogP contribution is -2.03. The Morgan fingerprint density at radius 2 is 2.15 bits per heavy atom. The van der Waals surface area contributed by atoms with Crippen LogP contribution in [0.15, 0.2) is 12.1 Å². The fourth-order valence-electron chi connectivity index (χ4n) is 1.20. The van der Waals surface area contributed by atoms with Crippen molar-refractivity contribution >= 4 is 0 Å². The number of hydrogen-bond donors (Lipinski definition) is 2. The molecule has 0 atom stereocenters. The highest BCUT2D eigenvalue weighted by Gasteiger charge is 2.10. The van der Waals surface area contributed by atoms with Crippen LogP contribution in [0, 0.1) is 6.92 Å². The van der Waals surface area contributed by atoms with Crippen molar-refractivity contribution < 1.29 is 14.7 Å². The van der Waals surface area contributed by atoms with E-state index in [-0.39, 0.29) is 12.4 Å². The quantitative estimate of drug-likeness (QED) is 0.689. The Morgan fingerprint density at radius 1 is 1.46 bits per heavy atom. The van der Waals surface area contributed by atoms with Gasteiger partial charge in [0.15, 0.2) is 11.5 Å². The number of aryl methyl sites for hydroxylation is 1. The summed E-state index contributed by atoms with van der Waals surface area (Å²) in [6, 6.07) is 3.36. The Kier molecular flexibility index (Phi) is 3.11. The highest BCUT2D eigenvalue weighted by atomic mass is 16.6. The molecular formula is C9H13NO3. The highest BCUT2D eigenvalue weighted by molar-refractivity contribution is 5.49. The minimum absolute atomic E-state index is 0.0974. The number of benzene rings is 1. The molecule has 0 aliphatic heterocycles. The number of nitrogens with two attached hydrogens (primary N) is 1. The average molecular weight is 183 g/mol. The normalized spacial score (nSPS) is 10.1. The minimum atomic E-state index is 0.0974. The SMILES string of the molecule is COc1c(O)ccc(C)c1CON. The molecule has 1 aromatic rings. The summed E-state index contributed by atoms with van der Waals surface area (Å²) >= 11 is 0. The fraction of sp³-hybridized carbons (Fsp3) is 0.333. The Balaban J connectivity index is 3.18. The van der Waals surface area contributed by atoms with Crippen molar-refractivity contribution in [3.05, 3.63) is 23.3 Å². The number of rotatable bonds is 3. The predicted molar refractivity (Wildman–Crippen MR) is 48.4 cm³/mol. The maximum atomic E-state index is 9.42. The summed E-state index contributed by atoms with van der Waals surface area (Å²) < 4.78 is 5.02. The molecule has 4 heteroatoms. The first-order valence-corrected chi connectivity index (χ1v) is 3.87. The second kappa shape index (κ2) is 4.11. The zero-order chi connectivity index (χ0) is 9.84. The Labute approximate surface area is 76.8 Å². The summed E-state index contributed by atoms with van der Waals surface area (Å²) in [5.74, 6) is 5.48. The van der Waals surface area contributed by atoms with Crippen LogP contribution in [0.2, 0.25) is 0 Å². The van der Waals surface area contributed by atoms with Crippen LogP contribution < -0.4 is 10.6 Å². The summed E-state index contributed by atoms with van der Waals surface area (Å²) in [6.45, 7) is 2.12. The van der Waals surface area contributed by atoms with E-state index >= 15 is 0 Å². The summed E-state index contributed by atoms with van der Waals surface area (Å²) in [7, 11) is 1.49. The molecule has 1 rings (SSSR count). The number of phenols is 1. The number of phenolic OH excluding ortho intramolecular Hbond substituents is 1. The summed E-state index contributed by atoms with van der Waals surface area (Å²) in [5.41, 5.74) is 1.74. The van der Waals surface area contributed by atoms with Crippen molar-refractivity contribution in [1.82, 2.24) is 0 Å². The van der Waals surface area contributed by atoms with Crippen molar-refractivity contribution in [3.63, 3.8) is 0 Å². The van der Waals surface area contributed by atoms with Gasteiger partial charge in [-0.05, 0) is 18.6 Å². The van der Waals surface area contributed by atoms with Crippen LogP contribution in [-0.4, -0.2) is 12.2 Å². The Hall–Kier alpha value is -1.26. The van der Waals surface area contributed by atoms with Crippen LogP contribution in [0.5, 0.6) is 11.5 Å². The zero-order valence-electron chi connectivity index (χ0n) is 7.70. The first-order valence-electron chi connectivity index (χ1n) is 3.87. The Morgan fingerprint density at radius 3 is 2.69 bits per heavy atom. The molecule has 0 aliphatic carbocycles. The van der Waals surface area contributed by atoms with Crippen molar-refractivity contribution in [3.8, 4) is 11.5 Å². The van der Waals surface area contributed by atoms with E-state index in [2.05, 4.69) is 4.84 Å². The standard InChI is InChI=1S/C9H13NO3/c1-6-3-4-8(11)9(12-2)7(6)5-13-10/h3-4,11H,5,10H2,1-2H3. The van der Waals surface area contributed by atoms with E-state index in [1.807, 2.05) is 6.92 Å². The number of aromatic hydroxyl groups is 1. The van der Waals surface area contributed by atoms with Gasteiger partial charge in [-0.1, -0.05) is 6.07 Å². The molecule has 0 saturated heterocycles. The molecule has 0 spiro atoms. The zero-order valence-corrected chi connectivity index (χ0v) is 7.70. The third-order valence-corrected chi connectivity index (χ3v) is 1.91. The van der Waals surface area contributed by atoms with Crippen LogP contribution in [0.25, 0.3) is 0 Å². The summed E-state index contributed by atoms with van der Waals surface area (Å²) in [4.78, 5) is 4.52. The molecule has 0 radical (unpaired) electrons. The Bertz CT molecular complexity index is 299. The largest absolute Gasteiger partial charge is 0.504 e. The lowest BCUT2D eigenvalue weighted by atomic mass is 10.1. The van der Waals surface area contributed by atoms with Gasteiger partial charge in [-0.2, -0.15) is 0 Å². The van der Waals surface area contributed by atoms with Gasteiger partial charge in [0.25, 0.3) is 0 Å². The third kappa shape index (κ3) is 1.91. The van der Waals surface area contributed by atoms with Gasteiger partial charge in [-0.15, -0.1) is 0 Å². The van der Waals surface area contributed by atoms with E-state index in [4.69, 9.17) is 10.6 Å².